The fraction of sp³-hybridized carbons (Fsp3) is 0.533. The van der Waals surface area contributed by atoms with Gasteiger partial charge in [-0.05, 0) is 18.6 Å². The highest BCUT2D eigenvalue weighted by Gasteiger charge is 2.24. The SMILES string of the molecule is CCCC(N)C(=O)N1CCN(c2cccc(O)c2)CC1.Cl. The zero-order chi connectivity index (χ0) is 14.5. The second-order valence-corrected chi connectivity index (χ2v) is 5.23. The fourth-order valence-electron chi connectivity index (χ4n) is 2.54. The highest BCUT2D eigenvalue weighted by atomic mass is 35.5. The molecule has 0 radical (unpaired) electrons. The molecular weight excluding hydrogens is 290 g/mol. The van der Waals surface area contributed by atoms with Gasteiger partial charge in [0.15, 0.2) is 0 Å². The van der Waals surface area contributed by atoms with Gasteiger partial charge >= 0.3 is 0 Å². The molecule has 5 nitrogen and oxygen atoms in total. The number of benzene rings is 1. The van der Waals surface area contributed by atoms with Crippen LogP contribution < -0.4 is 10.6 Å². The lowest BCUT2D eigenvalue weighted by molar-refractivity contribution is -0.133. The first-order valence-corrected chi connectivity index (χ1v) is 7.20. The van der Waals surface area contributed by atoms with E-state index < -0.39 is 0 Å². The van der Waals surface area contributed by atoms with Gasteiger partial charge < -0.3 is 20.6 Å². The summed E-state index contributed by atoms with van der Waals surface area (Å²) in [5.74, 6) is 0.327. The van der Waals surface area contributed by atoms with Crippen molar-refractivity contribution < 1.29 is 9.90 Å². The van der Waals surface area contributed by atoms with E-state index in [1.54, 1.807) is 12.1 Å². The summed E-state index contributed by atoms with van der Waals surface area (Å²) in [5.41, 5.74) is 6.88. The molecule has 118 valence electrons. The summed E-state index contributed by atoms with van der Waals surface area (Å²) in [7, 11) is 0. The standard InChI is InChI=1S/C15H23N3O2.ClH/c1-2-4-14(16)15(20)18-9-7-17(8-10-18)12-5-3-6-13(19)11-12;/h3,5-6,11,14,19H,2,4,7-10,16H2,1H3;1H. The minimum atomic E-state index is -0.368. The Kier molecular flexibility index (Phi) is 6.78. The molecule has 0 saturated carbocycles. The number of halogens is 1. The van der Waals surface area contributed by atoms with E-state index in [1.807, 2.05) is 24.0 Å². The van der Waals surface area contributed by atoms with Gasteiger partial charge in [0.2, 0.25) is 5.91 Å². The van der Waals surface area contributed by atoms with Crippen molar-refractivity contribution in [3.8, 4) is 5.75 Å². The zero-order valence-corrected chi connectivity index (χ0v) is 13.2. The Morgan fingerprint density at radius 3 is 2.57 bits per heavy atom. The Morgan fingerprint density at radius 2 is 2.00 bits per heavy atom. The van der Waals surface area contributed by atoms with Crippen LogP contribution in [0.2, 0.25) is 0 Å². The first-order valence-electron chi connectivity index (χ1n) is 7.20. The molecule has 0 bridgehead atoms. The van der Waals surface area contributed by atoms with Gasteiger partial charge in [-0.2, -0.15) is 0 Å². The molecule has 0 aliphatic carbocycles. The van der Waals surface area contributed by atoms with Crippen molar-refractivity contribution in [2.45, 2.75) is 25.8 Å². The molecule has 1 aromatic rings. The minimum Gasteiger partial charge on any atom is -0.508 e. The molecule has 3 N–H and O–H groups in total. The number of rotatable bonds is 4. The van der Waals surface area contributed by atoms with Crippen molar-refractivity contribution in [1.29, 1.82) is 0 Å². The summed E-state index contributed by atoms with van der Waals surface area (Å²) in [6, 6.07) is 6.85. The number of carbonyl (C=O) groups excluding carboxylic acids is 1. The van der Waals surface area contributed by atoms with Crippen LogP contribution in [0.1, 0.15) is 19.8 Å². The Labute approximate surface area is 132 Å². The maximum absolute atomic E-state index is 12.1. The average molecular weight is 314 g/mol. The molecule has 1 amide bonds. The third-order valence-electron chi connectivity index (χ3n) is 3.70. The molecule has 1 fully saturated rings. The van der Waals surface area contributed by atoms with Crippen molar-refractivity contribution >= 4 is 24.0 Å². The van der Waals surface area contributed by atoms with Crippen molar-refractivity contribution in [1.82, 2.24) is 4.90 Å². The second kappa shape index (κ2) is 8.10. The van der Waals surface area contributed by atoms with Crippen molar-refractivity contribution in [2.24, 2.45) is 5.73 Å². The molecule has 1 aliphatic rings. The molecule has 1 saturated heterocycles. The van der Waals surface area contributed by atoms with Crippen molar-refractivity contribution in [2.75, 3.05) is 31.1 Å². The Hall–Kier alpha value is -1.46. The predicted molar refractivity (Wildman–Crippen MR) is 87.0 cm³/mol. The summed E-state index contributed by atoms with van der Waals surface area (Å²) < 4.78 is 0. The quantitative estimate of drug-likeness (QED) is 0.885. The maximum Gasteiger partial charge on any atom is 0.239 e. The highest BCUT2D eigenvalue weighted by Crippen LogP contribution is 2.21. The third kappa shape index (κ3) is 4.51. The van der Waals surface area contributed by atoms with Gasteiger partial charge in [0.05, 0.1) is 6.04 Å². The lowest BCUT2D eigenvalue weighted by Crippen LogP contribution is -2.53. The molecule has 0 aromatic heterocycles. The Balaban J connectivity index is 0.00000220. The smallest absolute Gasteiger partial charge is 0.239 e. The molecule has 2 rings (SSSR count). The molecule has 1 heterocycles. The first kappa shape index (κ1) is 17.6. The van der Waals surface area contributed by atoms with Crippen molar-refractivity contribution in [3.63, 3.8) is 0 Å². The van der Waals surface area contributed by atoms with E-state index in [0.29, 0.717) is 13.1 Å². The molecule has 0 spiro atoms. The summed E-state index contributed by atoms with van der Waals surface area (Å²) >= 11 is 0. The van der Waals surface area contributed by atoms with Crippen LogP contribution in [0.4, 0.5) is 5.69 Å². The van der Waals surface area contributed by atoms with Gasteiger partial charge in [-0.25, -0.2) is 0 Å². The normalized spacial score (nSPS) is 16.3. The number of hydrogen-bond acceptors (Lipinski definition) is 4. The van der Waals surface area contributed by atoms with E-state index in [2.05, 4.69) is 4.90 Å². The number of phenols is 1. The summed E-state index contributed by atoms with van der Waals surface area (Å²) in [5, 5.41) is 9.51. The van der Waals surface area contributed by atoms with Crippen LogP contribution in [0.3, 0.4) is 0 Å². The van der Waals surface area contributed by atoms with Gasteiger partial charge in [0.1, 0.15) is 5.75 Å². The predicted octanol–water partition coefficient (Wildman–Crippen LogP) is 1.59. The van der Waals surface area contributed by atoms with Gasteiger partial charge in [0, 0.05) is 37.9 Å². The first-order chi connectivity index (χ1) is 9.61. The Morgan fingerprint density at radius 1 is 1.33 bits per heavy atom. The van der Waals surface area contributed by atoms with E-state index >= 15 is 0 Å². The summed E-state index contributed by atoms with van der Waals surface area (Å²) in [6.45, 7) is 4.95. The fourth-order valence-corrected chi connectivity index (χ4v) is 2.54. The van der Waals surface area contributed by atoms with Gasteiger partial charge in [-0.3, -0.25) is 4.79 Å². The number of nitrogens with two attached hydrogens (primary N) is 1. The van der Waals surface area contributed by atoms with Crippen LogP contribution in [-0.2, 0) is 4.79 Å². The van der Waals surface area contributed by atoms with Crippen LogP contribution >= 0.6 is 12.4 Å². The number of nitrogens with zero attached hydrogens (tertiary/aromatic N) is 2. The van der Waals surface area contributed by atoms with E-state index in [4.69, 9.17) is 5.73 Å². The topological polar surface area (TPSA) is 69.8 Å². The van der Waals surface area contributed by atoms with E-state index in [-0.39, 0.29) is 30.1 Å². The largest absolute Gasteiger partial charge is 0.508 e. The van der Waals surface area contributed by atoms with E-state index in [0.717, 1.165) is 31.6 Å². The number of piperazine rings is 1. The molecule has 21 heavy (non-hydrogen) atoms. The van der Waals surface area contributed by atoms with Gasteiger partial charge in [-0.15, -0.1) is 12.4 Å². The minimum absolute atomic E-state index is 0. The zero-order valence-electron chi connectivity index (χ0n) is 12.4. The second-order valence-electron chi connectivity index (χ2n) is 5.23. The van der Waals surface area contributed by atoms with Crippen LogP contribution in [0.25, 0.3) is 0 Å². The molecule has 1 aliphatic heterocycles. The molecule has 6 heteroatoms. The maximum atomic E-state index is 12.1. The number of aromatic hydroxyl groups is 1. The third-order valence-corrected chi connectivity index (χ3v) is 3.70. The number of carbonyl (C=O) groups is 1. The summed E-state index contributed by atoms with van der Waals surface area (Å²) in [6.07, 6.45) is 1.67. The van der Waals surface area contributed by atoms with Crippen molar-refractivity contribution in [3.05, 3.63) is 24.3 Å². The van der Waals surface area contributed by atoms with E-state index in [1.165, 1.54) is 0 Å². The van der Waals surface area contributed by atoms with Crippen LogP contribution in [0.15, 0.2) is 24.3 Å². The number of phenolic OH excluding ortho intramolecular Hbond substituents is 1. The summed E-state index contributed by atoms with van der Waals surface area (Å²) in [4.78, 5) is 16.2. The average Bonchev–Trinajstić information content (AvgIpc) is 2.47. The molecule has 1 aromatic carbocycles. The monoisotopic (exact) mass is 313 g/mol. The molecule has 1 unspecified atom stereocenters. The van der Waals surface area contributed by atoms with Crippen LogP contribution in [0, 0.1) is 0 Å². The molecular formula is C15H24ClN3O2. The van der Waals surface area contributed by atoms with Gasteiger partial charge in [0.25, 0.3) is 0 Å². The van der Waals surface area contributed by atoms with Crippen LogP contribution in [-0.4, -0.2) is 48.1 Å². The lowest BCUT2D eigenvalue weighted by Gasteiger charge is -2.37. The van der Waals surface area contributed by atoms with Crippen LogP contribution in [0.5, 0.6) is 5.75 Å². The highest BCUT2D eigenvalue weighted by molar-refractivity contribution is 5.85. The number of amides is 1. The number of hydrogen-bond donors (Lipinski definition) is 2. The lowest BCUT2D eigenvalue weighted by atomic mass is 10.1. The Bertz CT molecular complexity index is 462. The molecule has 1 atom stereocenters. The number of anilines is 1. The van der Waals surface area contributed by atoms with E-state index in [9.17, 15) is 9.90 Å². The van der Waals surface area contributed by atoms with Gasteiger partial charge in [-0.1, -0.05) is 19.4 Å².